The number of hydrogen-bond donors (Lipinski definition) is 1. The highest BCUT2D eigenvalue weighted by Crippen LogP contribution is 2.16. The second-order valence-corrected chi connectivity index (χ2v) is 6.51. The molecule has 0 saturated heterocycles. The van der Waals surface area contributed by atoms with Crippen LogP contribution >= 0.6 is 0 Å². The summed E-state index contributed by atoms with van der Waals surface area (Å²) >= 11 is 0. The topological polar surface area (TPSA) is 72.8 Å². The Bertz CT molecular complexity index is 490. The van der Waals surface area contributed by atoms with E-state index in [0.29, 0.717) is 26.1 Å². The molecule has 0 unspecified atom stereocenters. The van der Waals surface area contributed by atoms with Gasteiger partial charge in [0.2, 0.25) is 0 Å². The van der Waals surface area contributed by atoms with Crippen LogP contribution in [-0.4, -0.2) is 29.3 Å². The molecule has 0 aliphatic carbocycles. The Morgan fingerprint density at radius 2 is 1.83 bits per heavy atom. The lowest BCUT2D eigenvalue weighted by molar-refractivity contribution is -0.160. The van der Waals surface area contributed by atoms with E-state index in [4.69, 9.17) is 9.47 Å². The maximum atomic E-state index is 11.7. The van der Waals surface area contributed by atoms with Gasteiger partial charge in [0.15, 0.2) is 0 Å². The number of carbonyl (C=O) groups is 2. The van der Waals surface area contributed by atoms with Gasteiger partial charge in [-0.1, -0.05) is 30.3 Å². The number of hydrogen-bond acceptors (Lipinski definition) is 4. The molecule has 1 aromatic rings. The second-order valence-electron chi connectivity index (χ2n) is 6.51. The molecule has 5 heteroatoms. The van der Waals surface area contributed by atoms with Gasteiger partial charge < -0.3 is 14.6 Å². The highest BCUT2D eigenvalue weighted by atomic mass is 16.6. The van der Waals surface area contributed by atoms with Gasteiger partial charge in [0.1, 0.15) is 5.60 Å². The zero-order chi connectivity index (χ0) is 17.3. The first-order chi connectivity index (χ1) is 10.8. The summed E-state index contributed by atoms with van der Waals surface area (Å²) in [6.07, 6.45) is 0.876. The van der Waals surface area contributed by atoms with Gasteiger partial charge in [0.25, 0.3) is 0 Å². The van der Waals surface area contributed by atoms with Gasteiger partial charge in [-0.25, -0.2) is 0 Å². The average Bonchev–Trinajstić information content (AvgIpc) is 2.44. The van der Waals surface area contributed by atoms with Crippen molar-refractivity contribution < 1.29 is 24.2 Å². The molecular formula is C18H26O5. The lowest BCUT2D eigenvalue weighted by Gasteiger charge is -2.21. The normalized spacial score (nSPS) is 12.7. The molecule has 1 aromatic carbocycles. The van der Waals surface area contributed by atoms with Gasteiger partial charge in [-0.15, -0.1) is 0 Å². The van der Waals surface area contributed by atoms with Crippen LogP contribution in [0.25, 0.3) is 0 Å². The van der Waals surface area contributed by atoms with E-state index >= 15 is 0 Å². The molecule has 0 saturated carbocycles. The molecule has 23 heavy (non-hydrogen) atoms. The molecule has 0 aliphatic heterocycles. The standard InChI is InChI=1S/C18H26O5/c1-18(2,3)23-16(19)12-15(17(20)21)10-7-11-22-13-14-8-5-4-6-9-14/h4-6,8-9,15H,7,10-13H2,1-3H3,(H,20,21)/t15-/m1/s1. The van der Waals surface area contributed by atoms with Gasteiger partial charge in [-0.05, 0) is 39.2 Å². The first kappa shape index (κ1) is 19.2. The SMILES string of the molecule is CC(C)(C)OC(=O)C[C@@H](CCCOCc1ccccc1)C(=O)O. The summed E-state index contributed by atoms with van der Waals surface area (Å²) in [4.78, 5) is 23.0. The summed E-state index contributed by atoms with van der Waals surface area (Å²) in [7, 11) is 0. The first-order valence-corrected chi connectivity index (χ1v) is 7.84. The minimum atomic E-state index is -0.973. The van der Waals surface area contributed by atoms with Crippen LogP contribution in [0.4, 0.5) is 0 Å². The minimum absolute atomic E-state index is 0.106. The monoisotopic (exact) mass is 322 g/mol. The Morgan fingerprint density at radius 3 is 2.39 bits per heavy atom. The average molecular weight is 322 g/mol. The van der Waals surface area contributed by atoms with E-state index in [1.165, 1.54) is 0 Å². The molecule has 0 aromatic heterocycles. The summed E-state index contributed by atoms with van der Waals surface area (Å²) in [6, 6.07) is 9.78. The van der Waals surface area contributed by atoms with Crippen molar-refractivity contribution in [3.8, 4) is 0 Å². The number of benzene rings is 1. The third-order valence-electron chi connectivity index (χ3n) is 3.14. The van der Waals surface area contributed by atoms with Crippen LogP contribution < -0.4 is 0 Å². The maximum absolute atomic E-state index is 11.7. The largest absolute Gasteiger partial charge is 0.481 e. The van der Waals surface area contributed by atoms with Gasteiger partial charge in [-0.3, -0.25) is 9.59 Å². The van der Waals surface area contributed by atoms with Gasteiger partial charge in [-0.2, -0.15) is 0 Å². The molecule has 5 nitrogen and oxygen atoms in total. The molecule has 1 N–H and O–H groups in total. The van der Waals surface area contributed by atoms with Crippen LogP contribution in [0.3, 0.4) is 0 Å². The van der Waals surface area contributed by atoms with Crippen LogP contribution in [0, 0.1) is 5.92 Å². The quantitative estimate of drug-likeness (QED) is 0.557. The molecule has 128 valence electrons. The van der Waals surface area contributed by atoms with Crippen LogP contribution in [-0.2, 0) is 25.7 Å². The fraction of sp³-hybridized carbons (Fsp3) is 0.556. The molecule has 0 amide bonds. The van der Waals surface area contributed by atoms with Gasteiger partial charge in [0.05, 0.1) is 18.9 Å². The van der Waals surface area contributed by atoms with Crippen molar-refractivity contribution in [2.45, 2.75) is 52.2 Å². The van der Waals surface area contributed by atoms with Crippen molar-refractivity contribution in [1.29, 1.82) is 0 Å². The predicted octanol–water partition coefficient (Wildman–Crippen LogP) is 3.42. The lowest BCUT2D eigenvalue weighted by atomic mass is 10.00. The first-order valence-electron chi connectivity index (χ1n) is 7.84. The molecule has 1 atom stereocenters. The second kappa shape index (κ2) is 9.30. The van der Waals surface area contributed by atoms with E-state index in [0.717, 1.165) is 5.56 Å². The van der Waals surface area contributed by atoms with Crippen molar-refractivity contribution in [3.05, 3.63) is 35.9 Å². The van der Waals surface area contributed by atoms with E-state index in [1.807, 2.05) is 30.3 Å². The number of esters is 1. The van der Waals surface area contributed by atoms with Crippen LogP contribution in [0.15, 0.2) is 30.3 Å². The summed E-state index contributed by atoms with van der Waals surface area (Å²) in [6.45, 7) is 6.26. The number of aliphatic carboxylic acids is 1. The summed E-state index contributed by atoms with van der Waals surface area (Å²) in [5.41, 5.74) is 0.481. The third kappa shape index (κ3) is 8.98. The van der Waals surface area contributed by atoms with E-state index in [9.17, 15) is 14.7 Å². The van der Waals surface area contributed by atoms with Crippen LogP contribution in [0.2, 0.25) is 0 Å². The third-order valence-corrected chi connectivity index (χ3v) is 3.14. The summed E-state index contributed by atoms with van der Waals surface area (Å²) < 4.78 is 10.7. The molecule has 0 spiro atoms. The van der Waals surface area contributed by atoms with E-state index < -0.39 is 23.5 Å². The Labute approximate surface area is 137 Å². The molecule has 0 aliphatic rings. The fourth-order valence-electron chi connectivity index (χ4n) is 2.09. The number of carboxylic acid groups (broad SMARTS) is 1. The number of carbonyl (C=O) groups excluding carboxylic acids is 1. The Hall–Kier alpha value is -1.88. The molecule has 0 radical (unpaired) electrons. The molecule has 1 rings (SSSR count). The van der Waals surface area contributed by atoms with Gasteiger partial charge >= 0.3 is 11.9 Å². The van der Waals surface area contributed by atoms with Crippen LogP contribution in [0.1, 0.15) is 45.6 Å². The number of ether oxygens (including phenoxy) is 2. The summed E-state index contributed by atoms with van der Waals surface area (Å²) in [5.74, 6) is -2.18. The number of carboxylic acids is 1. The highest BCUT2D eigenvalue weighted by Gasteiger charge is 2.24. The lowest BCUT2D eigenvalue weighted by Crippen LogP contribution is -2.27. The number of rotatable bonds is 9. The Morgan fingerprint density at radius 1 is 1.17 bits per heavy atom. The zero-order valence-corrected chi connectivity index (χ0v) is 14.1. The minimum Gasteiger partial charge on any atom is -0.481 e. The maximum Gasteiger partial charge on any atom is 0.307 e. The van der Waals surface area contributed by atoms with E-state index in [2.05, 4.69) is 0 Å². The van der Waals surface area contributed by atoms with Crippen molar-refractivity contribution in [1.82, 2.24) is 0 Å². The summed E-state index contributed by atoms with van der Waals surface area (Å²) in [5, 5.41) is 9.21. The zero-order valence-electron chi connectivity index (χ0n) is 14.1. The van der Waals surface area contributed by atoms with Gasteiger partial charge in [0, 0.05) is 6.61 Å². The van der Waals surface area contributed by atoms with Crippen molar-refractivity contribution in [2.24, 2.45) is 5.92 Å². The Kier molecular flexibility index (Phi) is 7.75. The molecular weight excluding hydrogens is 296 g/mol. The van der Waals surface area contributed by atoms with E-state index in [1.54, 1.807) is 20.8 Å². The molecule has 0 fully saturated rings. The van der Waals surface area contributed by atoms with E-state index in [-0.39, 0.29) is 6.42 Å². The molecule has 0 heterocycles. The van der Waals surface area contributed by atoms with Crippen molar-refractivity contribution >= 4 is 11.9 Å². The smallest absolute Gasteiger partial charge is 0.307 e. The van der Waals surface area contributed by atoms with Crippen LogP contribution in [0.5, 0.6) is 0 Å². The Balaban J connectivity index is 2.28. The predicted molar refractivity (Wildman–Crippen MR) is 86.9 cm³/mol. The van der Waals surface area contributed by atoms with Crippen molar-refractivity contribution in [3.63, 3.8) is 0 Å². The molecule has 0 bridgehead atoms. The van der Waals surface area contributed by atoms with Crippen molar-refractivity contribution in [2.75, 3.05) is 6.61 Å². The fourth-order valence-corrected chi connectivity index (χ4v) is 2.09. The highest BCUT2D eigenvalue weighted by molar-refractivity contribution is 5.78.